The molecule has 1 heterocycles. The molecule has 0 saturated carbocycles. The molecule has 0 saturated heterocycles. The van der Waals surface area contributed by atoms with Crippen molar-refractivity contribution in [3.05, 3.63) is 75.0 Å². The number of anilines is 1. The molecule has 2 aromatic carbocycles. The molecule has 128 valence electrons. The van der Waals surface area contributed by atoms with Crippen LogP contribution in [0.3, 0.4) is 0 Å². The third kappa shape index (κ3) is 3.51. The van der Waals surface area contributed by atoms with Crippen molar-refractivity contribution >= 4 is 27.5 Å². The lowest BCUT2D eigenvalue weighted by atomic mass is 10.0. The molecule has 0 atom stereocenters. The van der Waals surface area contributed by atoms with Gasteiger partial charge in [-0.3, -0.25) is 4.79 Å². The predicted molar refractivity (Wildman–Crippen MR) is 105 cm³/mol. The standard InChI is InChI=1S/C20H20BrN3O/c1-12-9-13(2)19(14(3)10-12)23-20(25)18-11-22-24(15(18)4)17-7-5-16(21)6-8-17/h5-11H,1-4H3,(H,23,25). The van der Waals surface area contributed by atoms with Crippen molar-refractivity contribution in [2.24, 2.45) is 0 Å². The highest BCUT2D eigenvalue weighted by molar-refractivity contribution is 9.10. The summed E-state index contributed by atoms with van der Waals surface area (Å²) >= 11 is 3.43. The average Bonchev–Trinajstić information content (AvgIpc) is 2.93. The van der Waals surface area contributed by atoms with E-state index in [0.717, 1.165) is 32.7 Å². The van der Waals surface area contributed by atoms with Crippen LogP contribution in [-0.2, 0) is 0 Å². The molecule has 5 heteroatoms. The van der Waals surface area contributed by atoms with E-state index >= 15 is 0 Å². The monoisotopic (exact) mass is 397 g/mol. The van der Waals surface area contributed by atoms with Gasteiger partial charge in [0, 0.05) is 10.2 Å². The summed E-state index contributed by atoms with van der Waals surface area (Å²) in [5, 5.41) is 7.41. The summed E-state index contributed by atoms with van der Waals surface area (Å²) in [6.07, 6.45) is 1.62. The third-order valence-electron chi connectivity index (χ3n) is 4.24. The topological polar surface area (TPSA) is 46.9 Å². The van der Waals surface area contributed by atoms with Crippen LogP contribution in [0.25, 0.3) is 5.69 Å². The Balaban J connectivity index is 1.90. The van der Waals surface area contributed by atoms with Gasteiger partial charge >= 0.3 is 0 Å². The van der Waals surface area contributed by atoms with Gasteiger partial charge in [0.05, 0.1) is 23.1 Å². The number of carbonyl (C=O) groups excluding carboxylic acids is 1. The Hall–Kier alpha value is -2.40. The highest BCUT2D eigenvalue weighted by Crippen LogP contribution is 2.24. The lowest BCUT2D eigenvalue weighted by Gasteiger charge is -2.13. The highest BCUT2D eigenvalue weighted by atomic mass is 79.9. The fraction of sp³-hybridized carbons (Fsp3) is 0.200. The molecule has 1 aromatic heterocycles. The number of carbonyl (C=O) groups is 1. The first-order valence-electron chi connectivity index (χ1n) is 8.06. The number of hydrogen-bond donors (Lipinski definition) is 1. The molecule has 0 aliphatic carbocycles. The van der Waals surface area contributed by atoms with E-state index in [1.165, 1.54) is 5.56 Å². The van der Waals surface area contributed by atoms with Crippen LogP contribution in [0.15, 0.2) is 47.1 Å². The molecule has 0 aliphatic rings. The molecule has 0 bridgehead atoms. The predicted octanol–water partition coefficient (Wildman–Crippen LogP) is 5.12. The van der Waals surface area contributed by atoms with Gasteiger partial charge in [0.2, 0.25) is 0 Å². The maximum Gasteiger partial charge on any atom is 0.259 e. The normalized spacial score (nSPS) is 10.8. The van der Waals surface area contributed by atoms with Crippen LogP contribution in [-0.4, -0.2) is 15.7 Å². The van der Waals surface area contributed by atoms with Crippen LogP contribution in [0.2, 0.25) is 0 Å². The van der Waals surface area contributed by atoms with Crippen molar-refractivity contribution in [3.63, 3.8) is 0 Å². The summed E-state index contributed by atoms with van der Waals surface area (Å²) in [5.41, 5.74) is 6.47. The summed E-state index contributed by atoms with van der Waals surface area (Å²) in [4.78, 5) is 12.8. The Bertz CT molecular complexity index is 919. The van der Waals surface area contributed by atoms with Gasteiger partial charge in [0.25, 0.3) is 5.91 Å². The number of halogens is 1. The van der Waals surface area contributed by atoms with Gasteiger partial charge in [-0.05, 0) is 63.1 Å². The van der Waals surface area contributed by atoms with E-state index in [1.54, 1.807) is 10.9 Å². The van der Waals surface area contributed by atoms with Gasteiger partial charge in [0.15, 0.2) is 0 Å². The van der Waals surface area contributed by atoms with Crippen LogP contribution in [0, 0.1) is 27.7 Å². The van der Waals surface area contributed by atoms with Crippen LogP contribution in [0.1, 0.15) is 32.7 Å². The number of aromatic nitrogens is 2. The third-order valence-corrected chi connectivity index (χ3v) is 4.77. The molecule has 0 fully saturated rings. The second kappa shape index (κ2) is 6.84. The highest BCUT2D eigenvalue weighted by Gasteiger charge is 2.17. The van der Waals surface area contributed by atoms with E-state index in [2.05, 4.69) is 45.4 Å². The van der Waals surface area contributed by atoms with E-state index in [9.17, 15) is 4.79 Å². The molecule has 0 aliphatic heterocycles. The zero-order valence-electron chi connectivity index (χ0n) is 14.7. The minimum atomic E-state index is -0.143. The number of rotatable bonds is 3. The average molecular weight is 398 g/mol. The summed E-state index contributed by atoms with van der Waals surface area (Å²) in [6, 6.07) is 12.0. The van der Waals surface area contributed by atoms with Crippen LogP contribution < -0.4 is 5.32 Å². The maximum atomic E-state index is 12.8. The van der Waals surface area contributed by atoms with Gasteiger partial charge in [-0.2, -0.15) is 5.10 Å². The molecule has 0 spiro atoms. The first-order valence-corrected chi connectivity index (χ1v) is 8.86. The Morgan fingerprint density at radius 2 is 1.64 bits per heavy atom. The molecule has 3 aromatic rings. The Morgan fingerprint density at radius 3 is 2.24 bits per heavy atom. The number of aryl methyl sites for hydroxylation is 3. The minimum absolute atomic E-state index is 0.143. The van der Waals surface area contributed by atoms with Crippen molar-refractivity contribution in [1.82, 2.24) is 9.78 Å². The van der Waals surface area contributed by atoms with Crippen LogP contribution >= 0.6 is 15.9 Å². The van der Waals surface area contributed by atoms with Crippen molar-refractivity contribution in [1.29, 1.82) is 0 Å². The molecule has 1 amide bonds. The Labute approximate surface area is 156 Å². The molecule has 1 N–H and O–H groups in total. The molecule has 0 unspecified atom stereocenters. The first kappa shape index (κ1) is 17.4. The Morgan fingerprint density at radius 1 is 1.04 bits per heavy atom. The van der Waals surface area contributed by atoms with Gasteiger partial charge < -0.3 is 5.32 Å². The number of hydrogen-bond acceptors (Lipinski definition) is 2. The van der Waals surface area contributed by atoms with Gasteiger partial charge in [-0.1, -0.05) is 33.6 Å². The zero-order valence-corrected chi connectivity index (χ0v) is 16.3. The summed E-state index contributed by atoms with van der Waals surface area (Å²) < 4.78 is 2.78. The van der Waals surface area contributed by atoms with E-state index in [1.807, 2.05) is 45.0 Å². The van der Waals surface area contributed by atoms with Gasteiger partial charge in [0.1, 0.15) is 0 Å². The van der Waals surface area contributed by atoms with Crippen molar-refractivity contribution in [2.45, 2.75) is 27.7 Å². The fourth-order valence-electron chi connectivity index (χ4n) is 3.03. The summed E-state index contributed by atoms with van der Waals surface area (Å²) in [7, 11) is 0. The second-order valence-electron chi connectivity index (χ2n) is 6.26. The molecule has 0 radical (unpaired) electrons. The van der Waals surface area contributed by atoms with Crippen molar-refractivity contribution in [3.8, 4) is 5.69 Å². The minimum Gasteiger partial charge on any atom is -0.321 e. The molecular formula is C20H20BrN3O. The zero-order chi connectivity index (χ0) is 18.1. The molecule has 3 rings (SSSR count). The summed E-state index contributed by atoms with van der Waals surface area (Å²) in [6.45, 7) is 7.97. The lowest BCUT2D eigenvalue weighted by molar-refractivity contribution is 0.102. The van der Waals surface area contributed by atoms with Crippen molar-refractivity contribution < 1.29 is 4.79 Å². The van der Waals surface area contributed by atoms with Gasteiger partial charge in [-0.25, -0.2) is 4.68 Å². The van der Waals surface area contributed by atoms with Crippen LogP contribution in [0.5, 0.6) is 0 Å². The number of nitrogens with one attached hydrogen (secondary N) is 1. The molecule has 25 heavy (non-hydrogen) atoms. The van der Waals surface area contributed by atoms with Crippen LogP contribution in [0.4, 0.5) is 5.69 Å². The fourth-order valence-corrected chi connectivity index (χ4v) is 3.30. The quantitative estimate of drug-likeness (QED) is 0.666. The van der Waals surface area contributed by atoms with E-state index in [4.69, 9.17) is 0 Å². The Kier molecular flexibility index (Phi) is 4.77. The second-order valence-corrected chi connectivity index (χ2v) is 7.18. The smallest absolute Gasteiger partial charge is 0.259 e. The van der Waals surface area contributed by atoms with Gasteiger partial charge in [-0.15, -0.1) is 0 Å². The molecular weight excluding hydrogens is 378 g/mol. The first-order chi connectivity index (χ1) is 11.9. The van der Waals surface area contributed by atoms with E-state index in [0.29, 0.717) is 5.56 Å². The molecule has 4 nitrogen and oxygen atoms in total. The number of benzene rings is 2. The SMILES string of the molecule is Cc1cc(C)c(NC(=O)c2cnn(-c3ccc(Br)cc3)c2C)c(C)c1. The number of amides is 1. The maximum absolute atomic E-state index is 12.8. The van der Waals surface area contributed by atoms with Crippen molar-refractivity contribution in [2.75, 3.05) is 5.32 Å². The lowest BCUT2D eigenvalue weighted by Crippen LogP contribution is -2.15. The summed E-state index contributed by atoms with van der Waals surface area (Å²) in [5.74, 6) is -0.143. The number of nitrogens with zero attached hydrogens (tertiary/aromatic N) is 2. The van der Waals surface area contributed by atoms with E-state index < -0.39 is 0 Å². The largest absolute Gasteiger partial charge is 0.321 e. The van der Waals surface area contributed by atoms with E-state index in [-0.39, 0.29) is 5.91 Å².